The Labute approximate surface area is 123 Å². The van der Waals surface area contributed by atoms with Gasteiger partial charge in [-0.25, -0.2) is 9.18 Å². The number of hydrogen-bond acceptors (Lipinski definition) is 3. The number of aryl methyl sites for hydroxylation is 1. The van der Waals surface area contributed by atoms with Gasteiger partial charge in [-0.15, -0.1) is 0 Å². The number of rotatable bonds is 2. The SMILES string of the molecule is Cc1nc(=O)n(Cc2cc(F)cc(C#N)c2)c(C)c1Br. The van der Waals surface area contributed by atoms with Gasteiger partial charge in [-0.3, -0.25) is 4.57 Å². The Morgan fingerprint density at radius 2 is 2.10 bits per heavy atom. The van der Waals surface area contributed by atoms with Crippen LogP contribution in [-0.4, -0.2) is 9.55 Å². The second kappa shape index (κ2) is 5.55. The van der Waals surface area contributed by atoms with Crippen molar-refractivity contribution in [2.45, 2.75) is 20.4 Å². The monoisotopic (exact) mass is 335 g/mol. The molecule has 0 N–H and O–H groups in total. The summed E-state index contributed by atoms with van der Waals surface area (Å²) < 4.78 is 15.6. The summed E-state index contributed by atoms with van der Waals surface area (Å²) in [7, 11) is 0. The fraction of sp³-hybridized carbons (Fsp3) is 0.214. The van der Waals surface area contributed by atoms with Gasteiger partial charge in [-0.1, -0.05) is 0 Å². The lowest BCUT2D eigenvalue weighted by Crippen LogP contribution is -2.27. The second-order valence-corrected chi connectivity index (χ2v) is 5.22. The molecule has 0 bridgehead atoms. The molecular formula is C14H11BrFN3O. The summed E-state index contributed by atoms with van der Waals surface area (Å²) >= 11 is 3.37. The molecule has 1 aromatic heterocycles. The Bertz CT molecular complexity index is 777. The summed E-state index contributed by atoms with van der Waals surface area (Å²) in [5.74, 6) is -0.496. The first kappa shape index (κ1) is 14.4. The molecule has 0 amide bonds. The van der Waals surface area contributed by atoms with Crippen LogP contribution in [0, 0.1) is 31.0 Å². The van der Waals surface area contributed by atoms with Crippen LogP contribution in [-0.2, 0) is 6.54 Å². The lowest BCUT2D eigenvalue weighted by atomic mass is 10.1. The zero-order chi connectivity index (χ0) is 14.9. The van der Waals surface area contributed by atoms with Gasteiger partial charge >= 0.3 is 5.69 Å². The van der Waals surface area contributed by atoms with Crippen LogP contribution in [0.15, 0.2) is 27.5 Å². The summed E-state index contributed by atoms with van der Waals surface area (Å²) in [6.45, 7) is 3.69. The zero-order valence-corrected chi connectivity index (χ0v) is 12.5. The molecule has 0 aliphatic rings. The topological polar surface area (TPSA) is 58.7 Å². The Hall–Kier alpha value is -2.00. The highest BCUT2D eigenvalue weighted by molar-refractivity contribution is 9.10. The van der Waals surface area contributed by atoms with Crippen LogP contribution in [0.25, 0.3) is 0 Å². The van der Waals surface area contributed by atoms with Gasteiger partial charge in [0.1, 0.15) is 5.82 Å². The van der Waals surface area contributed by atoms with Crippen molar-refractivity contribution in [3.63, 3.8) is 0 Å². The maximum absolute atomic E-state index is 13.4. The zero-order valence-electron chi connectivity index (χ0n) is 10.9. The summed E-state index contributed by atoms with van der Waals surface area (Å²) in [4.78, 5) is 15.8. The lowest BCUT2D eigenvalue weighted by molar-refractivity contribution is 0.619. The fourth-order valence-electron chi connectivity index (χ4n) is 1.95. The first-order chi connectivity index (χ1) is 9.42. The van der Waals surface area contributed by atoms with E-state index in [4.69, 9.17) is 5.26 Å². The predicted octanol–water partition coefficient (Wildman–Crippen LogP) is 2.68. The van der Waals surface area contributed by atoms with Gasteiger partial charge in [0, 0.05) is 5.69 Å². The fourth-order valence-corrected chi connectivity index (χ4v) is 2.25. The van der Waals surface area contributed by atoms with Gasteiger partial charge < -0.3 is 0 Å². The predicted molar refractivity (Wildman–Crippen MR) is 75.9 cm³/mol. The molecule has 0 fully saturated rings. The minimum Gasteiger partial charge on any atom is -0.291 e. The Balaban J connectivity index is 2.51. The van der Waals surface area contributed by atoms with Gasteiger partial charge in [0.15, 0.2) is 0 Å². The molecule has 0 radical (unpaired) electrons. The molecule has 20 heavy (non-hydrogen) atoms. The third-order valence-corrected chi connectivity index (χ3v) is 4.11. The second-order valence-electron chi connectivity index (χ2n) is 4.43. The molecule has 0 spiro atoms. The van der Waals surface area contributed by atoms with E-state index in [2.05, 4.69) is 20.9 Å². The summed E-state index contributed by atoms with van der Waals surface area (Å²) in [6, 6.07) is 5.91. The smallest absolute Gasteiger partial charge is 0.291 e. The van der Waals surface area contributed by atoms with Crippen LogP contribution < -0.4 is 5.69 Å². The van der Waals surface area contributed by atoms with Crippen LogP contribution in [0.4, 0.5) is 4.39 Å². The number of aromatic nitrogens is 2. The molecule has 6 heteroatoms. The van der Waals surface area contributed by atoms with Gasteiger partial charge in [-0.2, -0.15) is 10.2 Å². The largest absolute Gasteiger partial charge is 0.348 e. The average molecular weight is 336 g/mol. The van der Waals surface area contributed by atoms with Crippen molar-refractivity contribution < 1.29 is 4.39 Å². The summed E-state index contributed by atoms with van der Waals surface area (Å²) in [5, 5.41) is 8.84. The quantitative estimate of drug-likeness (QED) is 0.847. The van der Waals surface area contributed by atoms with E-state index in [9.17, 15) is 9.18 Å². The highest BCUT2D eigenvalue weighted by Gasteiger charge is 2.10. The Morgan fingerprint density at radius 1 is 1.40 bits per heavy atom. The lowest BCUT2D eigenvalue weighted by Gasteiger charge is -2.12. The highest BCUT2D eigenvalue weighted by Crippen LogP contribution is 2.18. The molecular weight excluding hydrogens is 325 g/mol. The maximum Gasteiger partial charge on any atom is 0.348 e. The highest BCUT2D eigenvalue weighted by atomic mass is 79.9. The molecule has 2 rings (SSSR count). The van der Waals surface area contributed by atoms with Crippen LogP contribution >= 0.6 is 15.9 Å². The van der Waals surface area contributed by atoms with Crippen molar-refractivity contribution in [1.82, 2.24) is 9.55 Å². The van der Waals surface area contributed by atoms with Crippen molar-refractivity contribution in [2.24, 2.45) is 0 Å². The van der Waals surface area contributed by atoms with Crippen LogP contribution in [0.5, 0.6) is 0 Å². The van der Waals surface area contributed by atoms with E-state index in [0.717, 1.165) is 10.5 Å². The van der Waals surface area contributed by atoms with Gasteiger partial charge in [0.2, 0.25) is 0 Å². The standard InChI is InChI=1S/C14H11BrFN3O/c1-8-13(15)9(2)19(14(20)18-8)7-11-3-10(6-17)4-12(16)5-11/h3-5H,7H2,1-2H3. The third-order valence-electron chi connectivity index (χ3n) is 2.96. The molecule has 0 saturated carbocycles. The first-order valence-electron chi connectivity index (χ1n) is 5.85. The van der Waals surface area contributed by atoms with E-state index >= 15 is 0 Å². The van der Waals surface area contributed by atoms with E-state index in [1.165, 1.54) is 10.6 Å². The minimum absolute atomic E-state index is 0.170. The third kappa shape index (κ3) is 2.78. The van der Waals surface area contributed by atoms with E-state index in [0.29, 0.717) is 17.0 Å². The molecule has 0 unspecified atom stereocenters. The van der Waals surface area contributed by atoms with Crippen molar-refractivity contribution in [3.8, 4) is 6.07 Å². The Kier molecular flexibility index (Phi) is 4.00. The molecule has 1 heterocycles. The molecule has 0 saturated heterocycles. The van der Waals surface area contributed by atoms with E-state index < -0.39 is 11.5 Å². The molecule has 4 nitrogen and oxygen atoms in total. The molecule has 0 aliphatic carbocycles. The van der Waals surface area contributed by atoms with Gasteiger partial charge in [0.25, 0.3) is 0 Å². The van der Waals surface area contributed by atoms with Crippen molar-refractivity contribution in [1.29, 1.82) is 5.26 Å². The number of hydrogen-bond donors (Lipinski definition) is 0. The van der Waals surface area contributed by atoms with Crippen LogP contribution in [0.1, 0.15) is 22.5 Å². The molecule has 0 aliphatic heterocycles. The normalized spacial score (nSPS) is 10.3. The van der Waals surface area contributed by atoms with Crippen molar-refractivity contribution >= 4 is 15.9 Å². The molecule has 2 aromatic rings. The average Bonchev–Trinajstić information content (AvgIpc) is 2.40. The number of nitriles is 1. The van der Waals surface area contributed by atoms with Crippen molar-refractivity contribution in [3.05, 3.63) is 61.5 Å². The maximum atomic E-state index is 13.4. The molecule has 102 valence electrons. The van der Waals surface area contributed by atoms with Gasteiger partial charge in [-0.05, 0) is 53.5 Å². The molecule has 1 aromatic carbocycles. The van der Waals surface area contributed by atoms with Crippen molar-refractivity contribution in [2.75, 3.05) is 0 Å². The first-order valence-corrected chi connectivity index (χ1v) is 6.64. The van der Waals surface area contributed by atoms with E-state index in [1.807, 2.05) is 6.07 Å². The van der Waals surface area contributed by atoms with Crippen LogP contribution in [0.2, 0.25) is 0 Å². The molecule has 0 atom stereocenters. The van der Waals surface area contributed by atoms with Gasteiger partial charge in [0.05, 0.1) is 28.3 Å². The van der Waals surface area contributed by atoms with E-state index in [1.54, 1.807) is 19.9 Å². The van der Waals surface area contributed by atoms with Crippen LogP contribution in [0.3, 0.4) is 0 Å². The number of halogens is 2. The van der Waals surface area contributed by atoms with E-state index in [-0.39, 0.29) is 12.1 Å². The summed E-state index contributed by atoms with van der Waals surface area (Å²) in [6.07, 6.45) is 0. The number of nitrogens with zero attached hydrogens (tertiary/aromatic N) is 3. The summed E-state index contributed by atoms with van der Waals surface area (Å²) in [5.41, 5.74) is 1.70. The Morgan fingerprint density at radius 3 is 2.75 bits per heavy atom. The number of benzene rings is 1. The minimum atomic E-state index is -0.496.